The molecule has 3 N–H and O–H groups in total. The van der Waals surface area contributed by atoms with E-state index in [0.29, 0.717) is 5.69 Å². The first-order valence-electron chi connectivity index (χ1n) is 7.95. The Hall–Kier alpha value is -3.15. The topological polar surface area (TPSA) is 95.5 Å². The molecular formula is C19H18N2O4. The van der Waals surface area contributed by atoms with Gasteiger partial charge in [-0.3, -0.25) is 9.59 Å². The molecule has 0 bridgehead atoms. The maximum absolute atomic E-state index is 12.1. The van der Waals surface area contributed by atoms with Gasteiger partial charge in [0.25, 0.3) is 0 Å². The predicted octanol–water partition coefficient (Wildman–Crippen LogP) is 2.18. The fourth-order valence-electron chi connectivity index (χ4n) is 3.04. The number of carbonyl (C=O) groups is 3. The van der Waals surface area contributed by atoms with Gasteiger partial charge in [0, 0.05) is 12.6 Å². The van der Waals surface area contributed by atoms with Crippen molar-refractivity contribution in [1.29, 1.82) is 0 Å². The molecule has 2 aromatic rings. The first-order chi connectivity index (χ1) is 11.9. The van der Waals surface area contributed by atoms with E-state index in [4.69, 9.17) is 5.11 Å². The summed E-state index contributed by atoms with van der Waals surface area (Å²) in [6, 6.07) is 12.5. The summed E-state index contributed by atoms with van der Waals surface area (Å²) in [5, 5.41) is 14.0. The average molecular weight is 338 g/mol. The van der Waals surface area contributed by atoms with E-state index in [9.17, 15) is 14.4 Å². The zero-order valence-corrected chi connectivity index (χ0v) is 13.7. The number of anilines is 1. The van der Waals surface area contributed by atoms with E-state index in [-0.39, 0.29) is 6.42 Å². The highest BCUT2D eigenvalue weighted by Gasteiger charge is 2.23. The Balaban J connectivity index is 1.73. The fourth-order valence-corrected chi connectivity index (χ4v) is 3.04. The minimum absolute atomic E-state index is 0.331. The van der Waals surface area contributed by atoms with Gasteiger partial charge in [-0.1, -0.05) is 30.3 Å². The SMILES string of the molecule is CC(=O)NC(CC(=O)Nc1ccc2c(c1)-c1ccccc1C2)C(=O)O. The monoisotopic (exact) mass is 338 g/mol. The van der Waals surface area contributed by atoms with Crippen molar-refractivity contribution in [3.05, 3.63) is 53.6 Å². The van der Waals surface area contributed by atoms with Crippen molar-refractivity contribution in [2.24, 2.45) is 0 Å². The van der Waals surface area contributed by atoms with Gasteiger partial charge in [0.1, 0.15) is 6.04 Å². The van der Waals surface area contributed by atoms with Gasteiger partial charge in [0.15, 0.2) is 0 Å². The lowest BCUT2D eigenvalue weighted by Gasteiger charge is -2.13. The number of rotatable bonds is 5. The van der Waals surface area contributed by atoms with Crippen LogP contribution in [0.4, 0.5) is 5.69 Å². The second kappa shape index (κ2) is 6.76. The van der Waals surface area contributed by atoms with E-state index in [1.54, 1.807) is 6.07 Å². The first kappa shape index (κ1) is 16.7. The predicted molar refractivity (Wildman–Crippen MR) is 93.2 cm³/mol. The van der Waals surface area contributed by atoms with Gasteiger partial charge < -0.3 is 15.7 Å². The molecule has 1 atom stereocenters. The lowest BCUT2D eigenvalue weighted by Crippen LogP contribution is -2.42. The van der Waals surface area contributed by atoms with Crippen molar-refractivity contribution in [3.8, 4) is 11.1 Å². The zero-order valence-electron chi connectivity index (χ0n) is 13.7. The lowest BCUT2D eigenvalue weighted by molar-refractivity contribution is -0.142. The summed E-state index contributed by atoms with van der Waals surface area (Å²) in [6.45, 7) is 1.21. The smallest absolute Gasteiger partial charge is 0.326 e. The minimum atomic E-state index is -1.24. The number of carboxylic acids is 1. The molecule has 128 valence electrons. The molecule has 1 unspecified atom stereocenters. The van der Waals surface area contributed by atoms with Crippen molar-refractivity contribution in [3.63, 3.8) is 0 Å². The Labute approximate surface area is 144 Å². The molecule has 0 aliphatic heterocycles. The van der Waals surface area contributed by atoms with Crippen molar-refractivity contribution in [1.82, 2.24) is 5.32 Å². The molecule has 0 saturated heterocycles. The maximum Gasteiger partial charge on any atom is 0.326 e. The van der Waals surface area contributed by atoms with E-state index in [2.05, 4.69) is 16.7 Å². The first-order valence-corrected chi connectivity index (χ1v) is 7.95. The average Bonchev–Trinajstić information content (AvgIpc) is 2.92. The van der Waals surface area contributed by atoms with Crippen LogP contribution in [-0.4, -0.2) is 28.9 Å². The molecule has 0 fully saturated rings. The molecule has 1 aliphatic rings. The van der Waals surface area contributed by atoms with E-state index >= 15 is 0 Å². The molecule has 1 aliphatic carbocycles. The summed E-state index contributed by atoms with van der Waals surface area (Å²) in [4.78, 5) is 34.3. The number of hydrogen-bond donors (Lipinski definition) is 3. The Bertz CT molecular complexity index is 860. The number of amides is 2. The molecule has 2 amide bonds. The number of aliphatic carboxylic acids is 1. The van der Waals surface area contributed by atoms with E-state index in [1.165, 1.54) is 18.1 Å². The van der Waals surface area contributed by atoms with Crippen molar-refractivity contribution < 1.29 is 19.5 Å². The van der Waals surface area contributed by atoms with Gasteiger partial charge in [-0.05, 0) is 40.8 Å². The second-order valence-corrected chi connectivity index (χ2v) is 6.05. The Kier molecular flexibility index (Phi) is 4.52. The molecule has 0 saturated carbocycles. The van der Waals surface area contributed by atoms with Crippen molar-refractivity contribution in [2.45, 2.75) is 25.8 Å². The number of fused-ring (bicyclic) bond motifs is 3. The van der Waals surface area contributed by atoms with Crippen LogP contribution in [-0.2, 0) is 20.8 Å². The highest BCUT2D eigenvalue weighted by molar-refractivity contribution is 5.96. The summed E-state index contributed by atoms with van der Waals surface area (Å²) in [5.74, 6) is -2.20. The van der Waals surface area contributed by atoms with Gasteiger partial charge in [-0.2, -0.15) is 0 Å². The number of nitrogens with one attached hydrogen (secondary N) is 2. The van der Waals surface area contributed by atoms with Gasteiger partial charge >= 0.3 is 5.97 Å². The maximum atomic E-state index is 12.1. The second-order valence-electron chi connectivity index (χ2n) is 6.05. The van der Waals surface area contributed by atoms with E-state index in [0.717, 1.165) is 17.5 Å². The lowest BCUT2D eigenvalue weighted by atomic mass is 10.1. The molecule has 2 aromatic carbocycles. The minimum Gasteiger partial charge on any atom is -0.480 e. The zero-order chi connectivity index (χ0) is 18.0. The van der Waals surface area contributed by atoms with Gasteiger partial charge in [-0.15, -0.1) is 0 Å². The third-order valence-corrected chi connectivity index (χ3v) is 4.15. The molecule has 0 heterocycles. The molecule has 0 spiro atoms. The largest absolute Gasteiger partial charge is 0.480 e. The number of benzene rings is 2. The van der Waals surface area contributed by atoms with Crippen LogP contribution in [0, 0.1) is 0 Å². The van der Waals surface area contributed by atoms with Gasteiger partial charge in [0.05, 0.1) is 6.42 Å². The number of carbonyl (C=O) groups excluding carboxylic acids is 2. The third-order valence-electron chi connectivity index (χ3n) is 4.15. The van der Waals surface area contributed by atoms with Crippen LogP contribution in [0.1, 0.15) is 24.5 Å². The standard InChI is InChI=1S/C19H18N2O4/c1-11(22)20-17(19(24)25)10-18(23)21-14-7-6-13-8-12-4-2-3-5-15(12)16(13)9-14/h2-7,9,17H,8,10H2,1H3,(H,20,22)(H,21,23)(H,24,25). The summed E-state index contributed by atoms with van der Waals surface area (Å²) in [5.41, 5.74) is 5.27. The van der Waals surface area contributed by atoms with Crippen LogP contribution in [0.15, 0.2) is 42.5 Å². The highest BCUT2D eigenvalue weighted by Crippen LogP contribution is 2.37. The molecule has 0 radical (unpaired) electrons. The third kappa shape index (κ3) is 3.68. The van der Waals surface area contributed by atoms with Crippen LogP contribution in [0.25, 0.3) is 11.1 Å². The molecule has 25 heavy (non-hydrogen) atoms. The summed E-state index contributed by atoms with van der Waals surface area (Å²) < 4.78 is 0. The van der Waals surface area contributed by atoms with Gasteiger partial charge in [0.2, 0.25) is 11.8 Å². The molecule has 6 heteroatoms. The highest BCUT2D eigenvalue weighted by atomic mass is 16.4. The molecule has 3 rings (SSSR count). The van der Waals surface area contributed by atoms with Crippen molar-refractivity contribution >= 4 is 23.5 Å². The molecular weight excluding hydrogens is 320 g/mol. The quantitative estimate of drug-likeness (QED) is 0.664. The Morgan fingerprint density at radius 1 is 1.08 bits per heavy atom. The summed E-state index contributed by atoms with van der Waals surface area (Å²) >= 11 is 0. The van der Waals surface area contributed by atoms with E-state index in [1.807, 2.05) is 30.3 Å². The van der Waals surface area contributed by atoms with Crippen molar-refractivity contribution in [2.75, 3.05) is 5.32 Å². The van der Waals surface area contributed by atoms with E-state index < -0.39 is 23.8 Å². The summed E-state index contributed by atoms with van der Waals surface area (Å²) in [7, 11) is 0. The van der Waals surface area contributed by atoms with Crippen LogP contribution in [0.2, 0.25) is 0 Å². The summed E-state index contributed by atoms with van der Waals surface area (Å²) in [6.07, 6.45) is 0.534. The van der Waals surface area contributed by atoms with Crippen LogP contribution in [0.3, 0.4) is 0 Å². The molecule has 0 aromatic heterocycles. The number of hydrogen-bond acceptors (Lipinski definition) is 3. The normalized spacial score (nSPS) is 12.7. The van der Waals surface area contributed by atoms with Crippen LogP contribution < -0.4 is 10.6 Å². The van der Waals surface area contributed by atoms with Crippen LogP contribution >= 0.6 is 0 Å². The van der Waals surface area contributed by atoms with Crippen LogP contribution in [0.5, 0.6) is 0 Å². The van der Waals surface area contributed by atoms with Gasteiger partial charge in [-0.25, -0.2) is 4.79 Å². The fraction of sp³-hybridized carbons (Fsp3) is 0.211. The Morgan fingerprint density at radius 2 is 1.80 bits per heavy atom. The Morgan fingerprint density at radius 3 is 2.52 bits per heavy atom. The molecule has 6 nitrogen and oxygen atoms in total. The number of carboxylic acid groups (broad SMARTS) is 1.